The summed E-state index contributed by atoms with van der Waals surface area (Å²) in [6.45, 7) is 4.35. The molecular weight excluding hydrogens is 324 g/mol. The van der Waals surface area contributed by atoms with E-state index < -0.39 is 0 Å². The molecule has 1 aromatic heterocycles. The van der Waals surface area contributed by atoms with Crippen LogP contribution < -0.4 is 10.9 Å². The van der Waals surface area contributed by atoms with Crippen molar-refractivity contribution in [3.8, 4) is 0 Å². The number of aromatic nitrogens is 1. The van der Waals surface area contributed by atoms with Crippen LogP contribution in [0.5, 0.6) is 0 Å². The first-order chi connectivity index (χ1) is 12.5. The van der Waals surface area contributed by atoms with Gasteiger partial charge in [0.1, 0.15) is 0 Å². The number of rotatable bonds is 6. The standard InChI is InChI=1S/C22H24N2O2/c1-15-10-11-20-18(12-15)13-19(22(26)24-20)14-23-21(25)9-5-8-17-7-4-3-6-16(17)2/h3-4,6-7,10-13H,5,8-9,14H2,1-2H3,(H,23,25)(H,24,26). The summed E-state index contributed by atoms with van der Waals surface area (Å²) >= 11 is 0. The minimum atomic E-state index is -0.151. The first-order valence-electron chi connectivity index (χ1n) is 8.97. The molecule has 0 saturated carbocycles. The minimum absolute atomic E-state index is 0.0256. The third kappa shape index (κ3) is 4.39. The molecule has 1 heterocycles. The quantitative estimate of drug-likeness (QED) is 0.712. The van der Waals surface area contributed by atoms with Crippen molar-refractivity contribution in [2.24, 2.45) is 0 Å². The Balaban J connectivity index is 1.56. The maximum atomic E-state index is 12.2. The van der Waals surface area contributed by atoms with Gasteiger partial charge in [0.2, 0.25) is 5.91 Å². The Morgan fingerprint density at radius 2 is 1.85 bits per heavy atom. The SMILES string of the molecule is Cc1ccc2[nH]c(=O)c(CNC(=O)CCCc3ccccc3C)cc2c1. The molecule has 2 N–H and O–H groups in total. The monoisotopic (exact) mass is 348 g/mol. The highest BCUT2D eigenvalue weighted by molar-refractivity contribution is 5.80. The lowest BCUT2D eigenvalue weighted by Crippen LogP contribution is -2.26. The molecule has 0 bridgehead atoms. The average molecular weight is 348 g/mol. The van der Waals surface area contributed by atoms with E-state index in [2.05, 4.69) is 29.4 Å². The molecule has 4 heteroatoms. The zero-order valence-corrected chi connectivity index (χ0v) is 15.3. The zero-order chi connectivity index (χ0) is 18.5. The lowest BCUT2D eigenvalue weighted by Gasteiger charge is -2.08. The Labute approximate surface area is 153 Å². The Morgan fingerprint density at radius 1 is 1.04 bits per heavy atom. The van der Waals surface area contributed by atoms with Gasteiger partial charge in [0.05, 0.1) is 0 Å². The van der Waals surface area contributed by atoms with Crippen molar-refractivity contribution in [1.82, 2.24) is 10.3 Å². The summed E-state index contributed by atoms with van der Waals surface area (Å²) in [7, 11) is 0. The van der Waals surface area contributed by atoms with Gasteiger partial charge in [0.15, 0.2) is 0 Å². The van der Waals surface area contributed by atoms with Gasteiger partial charge in [-0.1, -0.05) is 35.9 Å². The molecule has 26 heavy (non-hydrogen) atoms. The summed E-state index contributed by atoms with van der Waals surface area (Å²) < 4.78 is 0. The van der Waals surface area contributed by atoms with E-state index in [1.807, 2.05) is 43.3 Å². The van der Waals surface area contributed by atoms with Crippen LogP contribution in [0.2, 0.25) is 0 Å². The number of benzene rings is 2. The molecule has 0 aliphatic rings. The van der Waals surface area contributed by atoms with E-state index in [0.29, 0.717) is 12.0 Å². The van der Waals surface area contributed by atoms with Gasteiger partial charge in [-0.2, -0.15) is 0 Å². The van der Waals surface area contributed by atoms with Crippen LogP contribution in [-0.4, -0.2) is 10.9 Å². The molecule has 0 saturated heterocycles. The number of pyridine rings is 1. The van der Waals surface area contributed by atoms with E-state index in [1.54, 1.807) is 0 Å². The number of carbonyl (C=O) groups is 1. The van der Waals surface area contributed by atoms with Crippen molar-refractivity contribution in [2.75, 3.05) is 0 Å². The summed E-state index contributed by atoms with van der Waals surface area (Å²) in [6.07, 6.45) is 2.14. The number of H-pyrrole nitrogens is 1. The normalized spacial score (nSPS) is 10.8. The van der Waals surface area contributed by atoms with Crippen LogP contribution in [0.15, 0.2) is 53.3 Å². The van der Waals surface area contributed by atoms with Gasteiger partial charge in [-0.15, -0.1) is 0 Å². The third-order valence-electron chi connectivity index (χ3n) is 4.66. The molecule has 3 rings (SSSR count). The van der Waals surface area contributed by atoms with Gasteiger partial charge in [-0.3, -0.25) is 9.59 Å². The van der Waals surface area contributed by atoms with Crippen molar-refractivity contribution in [3.05, 3.63) is 81.1 Å². The Bertz CT molecular complexity index is 989. The number of hydrogen-bond acceptors (Lipinski definition) is 2. The van der Waals surface area contributed by atoms with E-state index in [-0.39, 0.29) is 18.0 Å². The van der Waals surface area contributed by atoms with Gasteiger partial charge in [0, 0.05) is 24.0 Å². The molecule has 0 aliphatic carbocycles. The fourth-order valence-electron chi connectivity index (χ4n) is 3.11. The second-order valence-electron chi connectivity index (χ2n) is 6.77. The number of aryl methyl sites for hydroxylation is 3. The third-order valence-corrected chi connectivity index (χ3v) is 4.66. The van der Waals surface area contributed by atoms with Gasteiger partial charge >= 0.3 is 0 Å². The molecule has 3 aromatic rings. The van der Waals surface area contributed by atoms with Crippen molar-refractivity contribution >= 4 is 16.8 Å². The molecule has 0 aliphatic heterocycles. The van der Waals surface area contributed by atoms with Crippen LogP contribution in [0.3, 0.4) is 0 Å². The summed E-state index contributed by atoms with van der Waals surface area (Å²) in [5, 5.41) is 3.84. The molecule has 2 aromatic carbocycles. The van der Waals surface area contributed by atoms with Crippen LogP contribution in [-0.2, 0) is 17.8 Å². The van der Waals surface area contributed by atoms with E-state index >= 15 is 0 Å². The number of amides is 1. The highest BCUT2D eigenvalue weighted by atomic mass is 16.1. The highest BCUT2D eigenvalue weighted by Gasteiger charge is 2.07. The summed E-state index contributed by atoms with van der Waals surface area (Å²) in [5.41, 5.74) is 4.91. The molecule has 0 spiro atoms. The Morgan fingerprint density at radius 3 is 2.65 bits per heavy atom. The maximum Gasteiger partial charge on any atom is 0.253 e. The Hall–Kier alpha value is -2.88. The smallest absolute Gasteiger partial charge is 0.253 e. The molecule has 0 fully saturated rings. The average Bonchev–Trinajstić information content (AvgIpc) is 2.62. The molecular formula is C22H24N2O2. The molecule has 0 unspecified atom stereocenters. The molecule has 134 valence electrons. The minimum Gasteiger partial charge on any atom is -0.352 e. The lowest BCUT2D eigenvalue weighted by atomic mass is 10.0. The van der Waals surface area contributed by atoms with Gasteiger partial charge in [-0.25, -0.2) is 0 Å². The van der Waals surface area contributed by atoms with Crippen LogP contribution >= 0.6 is 0 Å². The molecule has 4 nitrogen and oxygen atoms in total. The van der Waals surface area contributed by atoms with Crippen LogP contribution in [0.4, 0.5) is 0 Å². The fourth-order valence-corrected chi connectivity index (χ4v) is 3.11. The van der Waals surface area contributed by atoms with E-state index in [1.165, 1.54) is 11.1 Å². The van der Waals surface area contributed by atoms with Gasteiger partial charge in [0.25, 0.3) is 5.56 Å². The number of hydrogen-bond donors (Lipinski definition) is 2. The predicted molar refractivity (Wildman–Crippen MR) is 105 cm³/mol. The lowest BCUT2D eigenvalue weighted by molar-refractivity contribution is -0.121. The van der Waals surface area contributed by atoms with Crippen molar-refractivity contribution < 1.29 is 4.79 Å². The van der Waals surface area contributed by atoms with Crippen molar-refractivity contribution in [3.63, 3.8) is 0 Å². The maximum absolute atomic E-state index is 12.2. The van der Waals surface area contributed by atoms with Crippen molar-refractivity contribution in [2.45, 2.75) is 39.7 Å². The molecule has 0 atom stereocenters. The fraction of sp³-hybridized carbons (Fsp3) is 0.273. The molecule has 1 amide bonds. The second kappa shape index (κ2) is 8.00. The van der Waals surface area contributed by atoms with Crippen LogP contribution in [0.1, 0.15) is 35.1 Å². The highest BCUT2D eigenvalue weighted by Crippen LogP contribution is 2.13. The number of carbonyl (C=O) groups excluding carboxylic acids is 1. The summed E-state index contributed by atoms with van der Waals surface area (Å²) in [6, 6.07) is 16.0. The molecule has 0 radical (unpaired) electrons. The first kappa shape index (κ1) is 17.9. The zero-order valence-electron chi connectivity index (χ0n) is 15.3. The van der Waals surface area contributed by atoms with Gasteiger partial charge in [-0.05, 0) is 61.4 Å². The summed E-state index contributed by atoms with van der Waals surface area (Å²) in [4.78, 5) is 27.1. The Kier molecular flexibility index (Phi) is 5.52. The second-order valence-corrected chi connectivity index (χ2v) is 6.77. The van der Waals surface area contributed by atoms with Crippen LogP contribution in [0.25, 0.3) is 10.9 Å². The summed E-state index contributed by atoms with van der Waals surface area (Å²) in [5.74, 6) is -0.0256. The number of nitrogens with one attached hydrogen (secondary N) is 2. The van der Waals surface area contributed by atoms with E-state index in [9.17, 15) is 9.59 Å². The van der Waals surface area contributed by atoms with Crippen molar-refractivity contribution in [1.29, 1.82) is 0 Å². The predicted octanol–water partition coefficient (Wildman–Crippen LogP) is 3.78. The van der Waals surface area contributed by atoms with Gasteiger partial charge < -0.3 is 10.3 Å². The van der Waals surface area contributed by atoms with Crippen LogP contribution in [0, 0.1) is 13.8 Å². The van der Waals surface area contributed by atoms with E-state index in [4.69, 9.17) is 0 Å². The number of aromatic amines is 1. The number of fused-ring (bicyclic) bond motifs is 1. The van der Waals surface area contributed by atoms with E-state index in [0.717, 1.165) is 29.3 Å². The topological polar surface area (TPSA) is 62.0 Å². The largest absolute Gasteiger partial charge is 0.352 e. The first-order valence-corrected chi connectivity index (χ1v) is 8.97.